The summed E-state index contributed by atoms with van der Waals surface area (Å²) in [6.07, 6.45) is 3.70. The summed E-state index contributed by atoms with van der Waals surface area (Å²) in [4.78, 5) is 4.51. The number of benzene rings is 2. The van der Waals surface area contributed by atoms with E-state index in [-0.39, 0.29) is 4.90 Å². The molecule has 0 atom stereocenters. The molecular formula is C23H26N2O2S. The maximum atomic E-state index is 12.9. The zero-order valence-corrected chi connectivity index (χ0v) is 17.8. The summed E-state index contributed by atoms with van der Waals surface area (Å²) in [6.45, 7) is 9.71. The fourth-order valence-electron chi connectivity index (χ4n) is 3.46. The molecule has 0 aliphatic carbocycles. The molecule has 0 aliphatic heterocycles. The van der Waals surface area contributed by atoms with Gasteiger partial charge in [-0.2, -0.15) is 0 Å². The average Bonchev–Trinajstić information content (AvgIpc) is 2.61. The Kier molecular flexibility index (Phi) is 5.41. The Bertz CT molecular complexity index is 1100. The van der Waals surface area contributed by atoms with Crippen molar-refractivity contribution < 1.29 is 8.42 Å². The van der Waals surface area contributed by atoms with Gasteiger partial charge in [0.2, 0.25) is 10.0 Å². The predicted molar refractivity (Wildman–Crippen MR) is 114 cm³/mol. The number of pyridine rings is 1. The Morgan fingerprint density at radius 2 is 1.54 bits per heavy atom. The maximum Gasteiger partial charge on any atom is 0.241 e. The molecule has 0 saturated heterocycles. The summed E-state index contributed by atoms with van der Waals surface area (Å²) in [5.74, 6) is 0. The molecule has 1 N–H and O–H groups in total. The first-order chi connectivity index (χ1) is 13.1. The van der Waals surface area contributed by atoms with Crippen molar-refractivity contribution >= 4 is 10.0 Å². The van der Waals surface area contributed by atoms with E-state index < -0.39 is 15.6 Å². The number of hydrogen-bond acceptors (Lipinski definition) is 3. The number of rotatable bonds is 5. The second kappa shape index (κ2) is 7.49. The molecule has 4 nitrogen and oxygen atoms in total. The highest BCUT2D eigenvalue weighted by molar-refractivity contribution is 7.89. The zero-order chi connectivity index (χ0) is 20.5. The van der Waals surface area contributed by atoms with Crippen LogP contribution in [0.5, 0.6) is 0 Å². The highest BCUT2D eigenvalue weighted by atomic mass is 32.2. The third-order valence-electron chi connectivity index (χ3n) is 4.89. The number of nitrogens with zero attached hydrogens (tertiary/aromatic N) is 1. The van der Waals surface area contributed by atoms with Gasteiger partial charge in [-0.3, -0.25) is 4.98 Å². The Morgan fingerprint density at radius 1 is 0.893 bits per heavy atom. The number of hydrogen-bond donors (Lipinski definition) is 1. The Hall–Kier alpha value is -2.50. The van der Waals surface area contributed by atoms with E-state index in [2.05, 4.69) is 9.71 Å². The molecule has 28 heavy (non-hydrogen) atoms. The van der Waals surface area contributed by atoms with Gasteiger partial charge in [-0.15, -0.1) is 0 Å². The van der Waals surface area contributed by atoms with Crippen LogP contribution in [0.4, 0.5) is 0 Å². The van der Waals surface area contributed by atoms with Crippen molar-refractivity contribution in [3.05, 3.63) is 83.2 Å². The minimum absolute atomic E-state index is 0.276. The minimum Gasteiger partial charge on any atom is -0.264 e. The SMILES string of the molecule is Cc1cccc(S(=O)(=O)NC(C)(C)c2cccc(-c3c(C)cncc3C)c2)c1. The highest BCUT2D eigenvalue weighted by Gasteiger charge is 2.28. The van der Waals surface area contributed by atoms with Crippen molar-refractivity contribution in [3.63, 3.8) is 0 Å². The van der Waals surface area contributed by atoms with E-state index in [1.807, 2.05) is 77.3 Å². The van der Waals surface area contributed by atoms with Gasteiger partial charge in [0, 0.05) is 12.4 Å². The molecule has 0 amide bonds. The number of aryl methyl sites for hydroxylation is 3. The largest absolute Gasteiger partial charge is 0.264 e. The van der Waals surface area contributed by atoms with Gasteiger partial charge in [-0.25, -0.2) is 13.1 Å². The van der Waals surface area contributed by atoms with Crippen LogP contribution >= 0.6 is 0 Å². The quantitative estimate of drug-likeness (QED) is 0.670. The van der Waals surface area contributed by atoms with Crippen LogP contribution in [-0.4, -0.2) is 13.4 Å². The average molecular weight is 395 g/mol. The first kappa shape index (κ1) is 20.2. The van der Waals surface area contributed by atoms with E-state index in [1.54, 1.807) is 18.2 Å². The highest BCUT2D eigenvalue weighted by Crippen LogP contribution is 2.31. The molecule has 0 bridgehead atoms. The van der Waals surface area contributed by atoms with Crippen molar-refractivity contribution in [2.45, 2.75) is 45.1 Å². The summed E-state index contributed by atoms with van der Waals surface area (Å²) < 4.78 is 28.7. The zero-order valence-electron chi connectivity index (χ0n) is 16.9. The molecule has 2 aromatic carbocycles. The second-order valence-corrected chi connectivity index (χ2v) is 9.46. The molecule has 3 rings (SSSR count). The van der Waals surface area contributed by atoms with Crippen LogP contribution in [0.15, 0.2) is 65.8 Å². The van der Waals surface area contributed by atoms with E-state index in [9.17, 15) is 8.42 Å². The standard InChI is InChI=1S/C23H26N2O2S/c1-16-8-6-11-21(12-16)28(26,27)25-23(4,5)20-10-7-9-19(13-20)22-17(2)14-24-15-18(22)3/h6-15,25H,1-5H3. The summed E-state index contributed by atoms with van der Waals surface area (Å²) in [6, 6.07) is 14.9. The lowest BCUT2D eigenvalue weighted by Gasteiger charge is -2.27. The van der Waals surface area contributed by atoms with Crippen LogP contribution in [0, 0.1) is 20.8 Å². The molecule has 0 unspecified atom stereocenters. The fraction of sp³-hybridized carbons (Fsp3) is 0.261. The van der Waals surface area contributed by atoms with Crippen molar-refractivity contribution in [2.75, 3.05) is 0 Å². The maximum absolute atomic E-state index is 12.9. The van der Waals surface area contributed by atoms with E-state index in [4.69, 9.17) is 0 Å². The molecule has 3 aromatic rings. The first-order valence-electron chi connectivity index (χ1n) is 9.23. The lowest BCUT2D eigenvalue weighted by atomic mass is 9.90. The van der Waals surface area contributed by atoms with Gasteiger partial charge >= 0.3 is 0 Å². The lowest BCUT2D eigenvalue weighted by molar-refractivity contribution is 0.472. The van der Waals surface area contributed by atoms with E-state index in [0.717, 1.165) is 33.4 Å². The van der Waals surface area contributed by atoms with Gasteiger partial charge in [-0.1, -0.05) is 30.3 Å². The van der Waals surface area contributed by atoms with Gasteiger partial charge in [-0.05, 0) is 86.2 Å². The number of aromatic nitrogens is 1. The molecule has 1 aromatic heterocycles. The molecule has 0 aliphatic rings. The molecule has 1 heterocycles. The van der Waals surface area contributed by atoms with E-state index in [0.29, 0.717) is 0 Å². The minimum atomic E-state index is -3.64. The third-order valence-corrected chi connectivity index (χ3v) is 6.54. The normalized spacial score (nSPS) is 12.2. The third kappa shape index (κ3) is 4.16. The topological polar surface area (TPSA) is 59.1 Å². The number of nitrogens with one attached hydrogen (secondary N) is 1. The first-order valence-corrected chi connectivity index (χ1v) is 10.7. The van der Waals surface area contributed by atoms with Gasteiger partial charge in [0.15, 0.2) is 0 Å². The van der Waals surface area contributed by atoms with Gasteiger partial charge in [0.05, 0.1) is 10.4 Å². The molecule has 5 heteroatoms. The van der Waals surface area contributed by atoms with Crippen LogP contribution in [0.25, 0.3) is 11.1 Å². The summed E-state index contributed by atoms with van der Waals surface area (Å²) in [5, 5.41) is 0. The fourth-order valence-corrected chi connectivity index (χ4v) is 4.96. The van der Waals surface area contributed by atoms with Crippen LogP contribution in [0.1, 0.15) is 36.1 Å². The Morgan fingerprint density at radius 3 is 2.18 bits per heavy atom. The van der Waals surface area contributed by atoms with Crippen LogP contribution in [-0.2, 0) is 15.6 Å². The van der Waals surface area contributed by atoms with Crippen molar-refractivity contribution in [2.24, 2.45) is 0 Å². The summed E-state index contributed by atoms with van der Waals surface area (Å²) in [7, 11) is -3.64. The monoisotopic (exact) mass is 394 g/mol. The van der Waals surface area contributed by atoms with Gasteiger partial charge < -0.3 is 0 Å². The Balaban J connectivity index is 1.99. The van der Waals surface area contributed by atoms with Crippen molar-refractivity contribution in [1.82, 2.24) is 9.71 Å². The molecule has 146 valence electrons. The van der Waals surface area contributed by atoms with Crippen LogP contribution in [0.2, 0.25) is 0 Å². The number of sulfonamides is 1. The smallest absolute Gasteiger partial charge is 0.241 e. The van der Waals surface area contributed by atoms with Crippen LogP contribution in [0.3, 0.4) is 0 Å². The molecule has 0 spiro atoms. The summed E-state index contributed by atoms with van der Waals surface area (Å²) >= 11 is 0. The molecule has 0 saturated carbocycles. The van der Waals surface area contributed by atoms with Crippen molar-refractivity contribution in [3.8, 4) is 11.1 Å². The Labute approximate surface area is 167 Å². The summed E-state index contributed by atoms with van der Waals surface area (Å²) in [5.41, 5.74) is 5.41. The van der Waals surface area contributed by atoms with Crippen LogP contribution < -0.4 is 4.72 Å². The van der Waals surface area contributed by atoms with E-state index >= 15 is 0 Å². The second-order valence-electron chi connectivity index (χ2n) is 7.78. The lowest BCUT2D eigenvalue weighted by Crippen LogP contribution is -2.40. The van der Waals surface area contributed by atoms with Gasteiger partial charge in [0.25, 0.3) is 0 Å². The molecule has 0 fully saturated rings. The van der Waals surface area contributed by atoms with Crippen molar-refractivity contribution in [1.29, 1.82) is 0 Å². The molecule has 0 radical (unpaired) electrons. The van der Waals surface area contributed by atoms with Gasteiger partial charge in [0.1, 0.15) is 0 Å². The van der Waals surface area contributed by atoms with E-state index in [1.165, 1.54) is 0 Å². The predicted octanol–water partition coefficient (Wildman–Crippen LogP) is 4.89. The molecular weight excluding hydrogens is 368 g/mol.